The van der Waals surface area contributed by atoms with Crippen LogP contribution in [0.25, 0.3) is 11.0 Å². The molecule has 2 rings (SSSR count). The number of nitro benzene ring substituents is 1. The Kier molecular flexibility index (Phi) is 2.27. The Labute approximate surface area is 92.1 Å². The number of fused-ring (bicyclic) bond motifs is 1. The highest BCUT2D eigenvalue weighted by Crippen LogP contribution is 2.25. The van der Waals surface area contributed by atoms with Crippen LogP contribution in [0.15, 0.2) is 15.7 Å². The summed E-state index contributed by atoms with van der Waals surface area (Å²) in [7, 11) is 0. The number of aryl methyl sites for hydroxylation is 1. The molecule has 1 heterocycles. The second kappa shape index (κ2) is 3.51. The maximum Gasteiger partial charge on any atom is 0.314 e. The van der Waals surface area contributed by atoms with Crippen LogP contribution in [-0.4, -0.2) is 14.9 Å². The van der Waals surface area contributed by atoms with Gasteiger partial charge in [-0.25, -0.2) is 0 Å². The first-order valence-corrected chi connectivity index (χ1v) is 4.51. The topological polar surface area (TPSA) is 109 Å². The van der Waals surface area contributed by atoms with E-state index >= 15 is 0 Å². The number of H-pyrrole nitrogens is 2. The van der Waals surface area contributed by atoms with Crippen LogP contribution in [0, 0.1) is 22.9 Å². The highest BCUT2D eigenvalue weighted by molar-refractivity contribution is 5.80. The van der Waals surface area contributed by atoms with E-state index in [1.807, 2.05) is 0 Å². The maximum absolute atomic E-state index is 13.6. The predicted octanol–water partition coefficient (Wildman–Crippen LogP) is 0.572. The van der Waals surface area contributed by atoms with Gasteiger partial charge in [0.2, 0.25) is 5.82 Å². The van der Waals surface area contributed by atoms with Crippen LogP contribution in [0.3, 0.4) is 0 Å². The molecule has 2 N–H and O–H groups in total. The molecule has 0 aliphatic rings. The van der Waals surface area contributed by atoms with E-state index in [1.165, 1.54) is 6.92 Å². The van der Waals surface area contributed by atoms with E-state index in [4.69, 9.17) is 0 Å². The number of aromatic amines is 2. The Balaban J connectivity index is 3.01. The number of aromatic nitrogens is 2. The molecule has 0 amide bonds. The summed E-state index contributed by atoms with van der Waals surface area (Å²) in [5, 5.41) is 10.6. The fourth-order valence-corrected chi connectivity index (χ4v) is 1.52. The molecule has 17 heavy (non-hydrogen) atoms. The van der Waals surface area contributed by atoms with Gasteiger partial charge in [0.05, 0.1) is 16.0 Å². The third kappa shape index (κ3) is 1.59. The van der Waals surface area contributed by atoms with Crippen molar-refractivity contribution in [2.75, 3.05) is 0 Å². The van der Waals surface area contributed by atoms with Gasteiger partial charge in [-0.2, -0.15) is 4.39 Å². The molecule has 0 bridgehead atoms. The van der Waals surface area contributed by atoms with Gasteiger partial charge in [-0.15, -0.1) is 0 Å². The summed E-state index contributed by atoms with van der Waals surface area (Å²) in [6.45, 7) is 1.28. The van der Waals surface area contributed by atoms with Gasteiger partial charge in [0.15, 0.2) is 0 Å². The van der Waals surface area contributed by atoms with Gasteiger partial charge in [-0.1, -0.05) is 0 Å². The Morgan fingerprint density at radius 2 is 1.88 bits per heavy atom. The highest BCUT2D eigenvalue weighted by atomic mass is 19.1. The van der Waals surface area contributed by atoms with Crippen molar-refractivity contribution in [2.24, 2.45) is 0 Å². The zero-order chi connectivity index (χ0) is 12.7. The van der Waals surface area contributed by atoms with E-state index in [-0.39, 0.29) is 16.6 Å². The summed E-state index contributed by atoms with van der Waals surface area (Å²) in [6.07, 6.45) is 0. The Morgan fingerprint density at radius 1 is 1.29 bits per heavy atom. The van der Waals surface area contributed by atoms with Gasteiger partial charge in [0, 0.05) is 11.6 Å². The molecule has 8 heteroatoms. The SMILES string of the molecule is Cc1c(F)c([N+](=O)[O-])cc2[nH]c(=O)c(=O)[nH]c12. The molecule has 0 aliphatic carbocycles. The number of benzene rings is 1. The number of rotatable bonds is 1. The van der Waals surface area contributed by atoms with Gasteiger partial charge in [0.1, 0.15) is 0 Å². The fraction of sp³-hybridized carbons (Fsp3) is 0.111. The second-order valence-corrected chi connectivity index (χ2v) is 3.42. The van der Waals surface area contributed by atoms with Crippen molar-refractivity contribution >= 4 is 16.7 Å². The van der Waals surface area contributed by atoms with Gasteiger partial charge in [0.25, 0.3) is 0 Å². The lowest BCUT2D eigenvalue weighted by molar-refractivity contribution is -0.387. The van der Waals surface area contributed by atoms with Crippen molar-refractivity contribution in [3.8, 4) is 0 Å². The molecule has 2 aromatic rings. The molecule has 0 saturated carbocycles. The lowest BCUT2D eigenvalue weighted by Gasteiger charge is -2.03. The molecule has 7 nitrogen and oxygen atoms in total. The molecule has 0 unspecified atom stereocenters. The van der Waals surface area contributed by atoms with Crippen LogP contribution in [0.2, 0.25) is 0 Å². The molecule has 0 saturated heterocycles. The molecule has 1 aromatic carbocycles. The van der Waals surface area contributed by atoms with Crippen LogP contribution in [-0.2, 0) is 0 Å². The standard InChI is InChI=1S/C9H6FN3O4/c1-3-6(10)5(13(16)17)2-4-7(3)12-9(15)8(14)11-4/h2H,1H3,(H,11,14)(H,12,15). The van der Waals surface area contributed by atoms with Crippen molar-refractivity contribution in [3.05, 3.63) is 48.3 Å². The number of nitrogens with one attached hydrogen (secondary N) is 2. The molecule has 0 radical (unpaired) electrons. The maximum atomic E-state index is 13.6. The minimum absolute atomic E-state index is 0.0141. The lowest BCUT2D eigenvalue weighted by Crippen LogP contribution is -2.29. The Morgan fingerprint density at radius 3 is 2.47 bits per heavy atom. The van der Waals surface area contributed by atoms with Crippen molar-refractivity contribution < 1.29 is 9.31 Å². The van der Waals surface area contributed by atoms with Crippen LogP contribution >= 0.6 is 0 Å². The predicted molar refractivity (Wildman–Crippen MR) is 56.5 cm³/mol. The van der Waals surface area contributed by atoms with Crippen molar-refractivity contribution in [1.29, 1.82) is 0 Å². The quantitative estimate of drug-likeness (QED) is 0.430. The third-order valence-electron chi connectivity index (χ3n) is 2.37. The smallest absolute Gasteiger partial charge is 0.314 e. The molecule has 0 aliphatic heterocycles. The summed E-state index contributed by atoms with van der Waals surface area (Å²) in [5.74, 6) is -1.04. The van der Waals surface area contributed by atoms with Crippen LogP contribution < -0.4 is 11.1 Å². The lowest BCUT2D eigenvalue weighted by atomic mass is 10.1. The molecule has 0 fully saturated rings. The minimum atomic E-state index is -1.04. The van der Waals surface area contributed by atoms with Crippen LogP contribution in [0.4, 0.5) is 10.1 Å². The average molecular weight is 239 g/mol. The molecular formula is C9H6FN3O4. The molecule has 0 atom stereocenters. The Bertz CT molecular complexity index is 746. The van der Waals surface area contributed by atoms with E-state index in [2.05, 4.69) is 9.97 Å². The molecule has 1 aromatic heterocycles. The summed E-state index contributed by atoms with van der Waals surface area (Å²) in [5.41, 5.74) is -2.68. The van der Waals surface area contributed by atoms with E-state index in [1.54, 1.807) is 0 Å². The summed E-state index contributed by atoms with van der Waals surface area (Å²) >= 11 is 0. The monoisotopic (exact) mass is 239 g/mol. The first kappa shape index (κ1) is 11.0. The molecule has 0 spiro atoms. The second-order valence-electron chi connectivity index (χ2n) is 3.42. The normalized spacial score (nSPS) is 10.7. The van der Waals surface area contributed by atoms with Gasteiger partial charge in [-0.05, 0) is 6.92 Å². The van der Waals surface area contributed by atoms with Crippen molar-refractivity contribution in [2.45, 2.75) is 6.92 Å². The number of hydrogen-bond acceptors (Lipinski definition) is 4. The van der Waals surface area contributed by atoms with E-state index in [0.717, 1.165) is 6.07 Å². The van der Waals surface area contributed by atoms with Gasteiger partial charge in [-0.3, -0.25) is 19.7 Å². The van der Waals surface area contributed by atoms with Crippen LogP contribution in [0.5, 0.6) is 0 Å². The number of nitrogens with zero attached hydrogens (tertiary/aromatic N) is 1. The summed E-state index contributed by atoms with van der Waals surface area (Å²) in [4.78, 5) is 36.1. The minimum Gasteiger partial charge on any atom is -0.316 e. The van der Waals surface area contributed by atoms with E-state index < -0.39 is 27.5 Å². The highest BCUT2D eigenvalue weighted by Gasteiger charge is 2.20. The van der Waals surface area contributed by atoms with Gasteiger partial charge < -0.3 is 9.97 Å². The summed E-state index contributed by atoms with van der Waals surface area (Å²) in [6, 6.07) is 0.870. The average Bonchev–Trinajstić information content (AvgIpc) is 2.26. The number of hydrogen-bond donors (Lipinski definition) is 2. The zero-order valence-electron chi connectivity index (χ0n) is 8.54. The van der Waals surface area contributed by atoms with Gasteiger partial charge >= 0.3 is 16.8 Å². The zero-order valence-corrected chi connectivity index (χ0v) is 8.54. The van der Waals surface area contributed by atoms with E-state index in [0.29, 0.717) is 0 Å². The first-order chi connectivity index (χ1) is 7.91. The third-order valence-corrected chi connectivity index (χ3v) is 2.37. The first-order valence-electron chi connectivity index (χ1n) is 4.51. The van der Waals surface area contributed by atoms with Crippen LogP contribution in [0.1, 0.15) is 5.56 Å². The number of halogens is 1. The Hall–Kier alpha value is -2.51. The summed E-state index contributed by atoms with van der Waals surface area (Å²) < 4.78 is 13.6. The van der Waals surface area contributed by atoms with Crippen molar-refractivity contribution in [1.82, 2.24) is 9.97 Å². The molecule has 88 valence electrons. The molecular weight excluding hydrogens is 233 g/mol. The van der Waals surface area contributed by atoms with E-state index in [9.17, 15) is 24.1 Å². The largest absolute Gasteiger partial charge is 0.316 e. The number of nitro groups is 1. The fourth-order valence-electron chi connectivity index (χ4n) is 1.52. The van der Waals surface area contributed by atoms with Crippen molar-refractivity contribution in [3.63, 3.8) is 0 Å².